The summed E-state index contributed by atoms with van der Waals surface area (Å²) in [5, 5.41) is 19.1. The van der Waals surface area contributed by atoms with Gasteiger partial charge in [-0.3, -0.25) is 4.90 Å². The molecular formula is C16H25NO3. The lowest BCUT2D eigenvalue weighted by Crippen LogP contribution is -2.38. The minimum absolute atomic E-state index is 0.140. The second-order valence-electron chi connectivity index (χ2n) is 5.68. The Bertz CT molecular complexity index is 432. The number of aryl methyl sites for hydroxylation is 2. The first-order valence-corrected chi connectivity index (χ1v) is 7.33. The predicted molar refractivity (Wildman–Crippen MR) is 79.1 cm³/mol. The van der Waals surface area contributed by atoms with Gasteiger partial charge in [-0.2, -0.15) is 0 Å². The smallest absolute Gasteiger partial charge is 0.122 e. The van der Waals surface area contributed by atoms with Crippen LogP contribution < -0.4 is 4.74 Å². The first-order chi connectivity index (χ1) is 9.60. The lowest BCUT2D eigenvalue weighted by atomic mass is 10.1. The van der Waals surface area contributed by atoms with Crippen molar-refractivity contribution < 1.29 is 14.9 Å². The van der Waals surface area contributed by atoms with E-state index >= 15 is 0 Å². The zero-order valence-corrected chi connectivity index (χ0v) is 12.4. The molecule has 1 aliphatic rings. The molecule has 1 aromatic carbocycles. The van der Waals surface area contributed by atoms with Crippen LogP contribution in [-0.4, -0.2) is 53.6 Å². The molecule has 0 spiro atoms. The molecule has 1 saturated carbocycles. The molecule has 0 radical (unpaired) electrons. The van der Waals surface area contributed by atoms with Gasteiger partial charge in [0.1, 0.15) is 18.5 Å². The van der Waals surface area contributed by atoms with Crippen LogP contribution in [-0.2, 0) is 0 Å². The van der Waals surface area contributed by atoms with Crippen molar-refractivity contribution in [1.82, 2.24) is 4.90 Å². The number of aliphatic hydroxyl groups excluding tert-OH is 2. The Labute approximate surface area is 121 Å². The highest BCUT2D eigenvalue weighted by molar-refractivity contribution is 5.35. The second kappa shape index (κ2) is 7.07. The molecule has 112 valence electrons. The Hall–Kier alpha value is -1.10. The van der Waals surface area contributed by atoms with Crippen LogP contribution in [0.5, 0.6) is 5.75 Å². The monoisotopic (exact) mass is 279 g/mol. The van der Waals surface area contributed by atoms with E-state index in [2.05, 4.69) is 11.0 Å². The fraction of sp³-hybridized carbons (Fsp3) is 0.625. The van der Waals surface area contributed by atoms with Crippen LogP contribution in [0.15, 0.2) is 18.2 Å². The minimum atomic E-state index is -0.525. The van der Waals surface area contributed by atoms with Crippen LogP contribution in [0.2, 0.25) is 0 Å². The Morgan fingerprint density at radius 1 is 1.35 bits per heavy atom. The molecule has 0 aromatic heterocycles. The van der Waals surface area contributed by atoms with E-state index in [9.17, 15) is 5.11 Å². The molecule has 1 unspecified atom stereocenters. The lowest BCUT2D eigenvalue weighted by molar-refractivity contribution is 0.0586. The first-order valence-electron chi connectivity index (χ1n) is 7.33. The highest BCUT2D eigenvalue weighted by Gasteiger charge is 2.29. The molecule has 0 aliphatic heterocycles. The highest BCUT2D eigenvalue weighted by atomic mass is 16.5. The van der Waals surface area contributed by atoms with Crippen LogP contribution in [0, 0.1) is 13.8 Å². The van der Waals surface area contributed by atoms with E-state index in [1.54, 1.807) is 0 Å². The van der Waals surface area contributed by atoms with Gasteiger partial charge in [0.15, 0.2) is 0 Å². The molecule has 1 atom stereocenters. The van der Waals surface area contributed by atoms with Gasteiger partial charge in [0.05, 0.1) is 6.61 Å². The molecule has 2 rings (SSSR count). The maximum atomic E-state index is 10.1. The van der Waals surface area contributed by atoms with E-state index in [4.69, 9.17) is 9.84 Å². The Morgan fingerprint density at radius 2 is 2.10 bits per heavy atom. The largest absolute Gasteiger partial charge is 0.491 e. The van der Waals surface area contributed by atoms with Gasteiger partial charge in [-0.05, 0) is 38.3 Å². The number of aliphatic hydroxyl groups is 2. The molecule has 0 bridgehead atoms. The normalized spacial score (nSPS) is 16.4. The number of ether oxygens (including phenoxy) is 1. The third kappa shape index (κ3) is 4.47. The summed E-state index contributed by atoms with van der Waals surface area (Å²) in [6.45, 7) is 5.69. The van der Waals surface area contributed by atoms with Crippen molar-refractivity contribution in [3.8, 4) is 5.75 Å². The summed E-state index contributed by atoms with van der Waals surface area (Å²) in [5.74, 6) is 0.829. The van der Waals surface area contributed by atoms with Gasteiger partial charge in [0, 0.05) is 19.1 Å². The van der Waals surface area contributed by atoms with Crippen LogP contribution in [0.4, 0.5) is 0 Å². The summed E-state index contributed by atoms with van der Waals surface area (Å²) < 4.78 is 5.69. The minimum Gasteiger partial charge on any atom is -0.491 e. The number of hydrogen-bond donors (Lipinski definition) is 2. The molecule has 1 aliphatic carbocycles. The van der Waals surface area contributed by atoms with Crippen molar-refractivity contribution in [2.75, 3.05) is 26.3 Å². The van der Waals surface area contributed by atoms with Crippen LogP contribution in [0.25, 0.3) is 0 Å². The van der Waals surface area contributed by atoms with E-state index in [0.29, 0.717) is 25.7 Å². The van der Waals surface area contributed by atoms with Crippen molar-refractivity contribution in [3.05, 3.63) is 29.3 Å². The zero-order chi connectivity index (χ0) is 14.5. The predicted octanol–water partition coefficient (Wildman–Crippen LogP) is 1.50. The van der Waals surface area contributed by atoms with Gasteiger partial charge in [0.25, 0.3) is 0 Å². The van der Waals surface area contributed by atoms with Gasteiger partial charge in [-0.25, -0.2) is 0 Å². The van der Waals surface area contributed by atoms with Gasteiger partial charge < -0.3 is 14.9 Å². The van der Waals surface area contributed by atoms with Crippen molar-refractivity contribution in [3.63, 3.8) is 0 Å². The van der Waals surface area contributed by atoms with E-state index in [1.165, 1.54) is 18.4 Å². The molecular weight excluding hydrogens is 254 g/mol. The van der Waals surface area contributed by atoms with Crippen LogP contribution in [0.3, 0.4) is 0 Å². The molecule has 1 fully saturated rings. The van der Waals surface area contributed by atoms with Crippen LogP contribution >= 0.6 is 0 Å². The molecule has 4 nitrogen and oxygen atoms in total. The molecule has 20 heavy (non-hydrogen) atoms. The number of rotatable bonds is 8. The average molecular weight is 279 g/mol. The second-order valence-corrected chi connectivity index (χ2v) is 5.68. The van der Waals surface area contributed by atoms with E-state index in [0.717, 1.165) is 11.3 Å². The molecule has 2 N–H and O–H groups in total. The lowest BCUT2D eigenvalue weighted by Gasteiger charge is -2.24. The zero-order valence-electron chi connectivity index (χ0n) is 12.4. The summed E-state index contributed by atoms with van der Waals surface area (Å²) in [6.07, 6.45) is 1.82. The molecule has 0 saturated heterocycles. The Kier molecular flexibility index (Phi) is 5.40. The Balaban J connectivity index is 1.80. The number of hydrogen-bond acceptors (Lipinski definition) is 4. The summed E-state index contributed by atoms with van der Waals surface area (Å²) in [7, 11) is 0. The summed E-state index contributed by atoms with van der Waals surface area (Å²) in [5.41, 5.74) is 2.30. The van der Waals surface area contributed by atoms with Crippen molar-refractivity contribution >= 4 is 0 Å². The third-order valence-corrected chi connectivity index (χ3v) is 3.66. The van der Waals surface area contributed by atoms with Crippen molar-refractivity contribution in [2.45, 2.75) is 38.8 Å². The quantitative estimate of drug-likeness (QED) is 0.757. The maximum absolute atomic E-state index is 10.1. The Morgan fingerprint density at radius 3 is 2.70 bits per heavy atom. The van der Waals surface area contributed by atoms with Gasteiger partial charge >= 0.3 is 0 Å². The topological polar surface area (TPSA) is 52.9 Å². The van der Waals surface area contributed by atoms with Crippen molar-refractivity contribution in [2.24, 2.45) is 0 Å². The summed E-state index contributed by atoms with van der Waals surface area (Å²) in [6, 6.07) is 6.57. The average Bonchev–Trinajstić information content (AvgIpc) is 3.21. The maximum Gasteiger partial charge on any atom is 0.122 e. The fourth-order valence-corrected chi connectivity index (χ4v) is 2.46. The fourth-order valence-electron chi connectivity index (χ4n) is 2.46. The molecule has 1 aromatic rings. The summed E-state index contributed by atoms with van der Waals surface area (Å²) in [4.78, 5) is 2.15. The molecule has 0 heterocycles. The number of benzene rings is 1. The first kappa shape index (κ1) is 15.3. The van der Waals surface area contributed by atoms with Gasteiger partial charge in [-0.1, -0.05) is 17.7 Å². The molecule has 0 amide bonds. The van der Waals surface area contributed by atoms with E-state index in [1.807, 2.05) is 26.0 Å². The summed E-state index contributed by atoms with van der Waals surface area (Å²) >= 11 is 0. The van der Waals surface area contributed by atoms with E-state index in [-0.39, 0.29) is 6.61 Å². The van der Waals surface area contributed by atoms with Gasteiger partial charge in [-0.15, -0.1) is 0 Å². The van der Waals surface area contributed by atoms with Gasteiger partial charge in [0.2, 0.25) is 0 Å². The van der Waals surface area contributed by atoms with Crippen molar-refractivity contribution in [1.29, 1.82) is 0 Å². The SMILES string of the molecule is Cc1ccc(OCC(O)CN(CCO)C2CC2)c(C)c1. The third-order valence-electron chi connectivity index (χ3n) is 3.66. The van der Waals surface area contributed by atoms with Crippen LogP contribution in [0.1, 0.15) is 24.0 Å². The highest BCUT2D eigenvalue weighted by Crippen LogP contribution is 2.26. The van der Waals surface area contributed by atoms with E-state index < -0.39 is 6.10 Å². The number of nitrogens with zero attached hydrogens (tertiary/aromatic N) is 1. The molecule has 4 heteroatoms. The standard InChI is InChI=1S/C16H25NO3/c1-12-3-6-16(13(2)9-12)20-11-15(19)10-17(7-8-18)14-4-5-14/h3,6,9,14-15,18-19H,4-5,7-8,10-11H2,1-2H3.